The van der Waals surface area contributed by atoms with Gasteiger partial charge in [0.2, 0.25) is 5.91 Å². The molecule has 2 amide bonds. The minimum absolute atomic E-state index is 0.0609. The van der Waals surface area contributed by atoms with E-state index in [1.165, 1.54) is 0 Å². The van der Waals surface area contributed by atoms with Crippen LogP contribution < -0.4 is 10.2 Å². The Kier molecular flexibility index (Phi) is 4.26. The summed E-state index contributed by atoms with van der Waals surface area (Å²) in [4.78, 5) is 26.5. The molecule has 128 valence electrons. The summed E-state index contributed by atoms with van der Waals surface area (Å²) < 4.78 is 0. The van der Waals surface area contributed by atoms with Gasteiger partial charge in [0.25, 0.3) is 5.91 Å². The lowest BCUT2D eigenvalue weighted by Gasteiger charge is -2.20. The highest BCUT2D eigenvalue weighted by molar-refractivity contribution is 5.99. The molecule has 2 aromatic carbocycles. The van der Waals surface area contributed by atoms with Crippen molar-refractivity contribution in [1.29, 1.82) is 0 Å². The summed E-state index contributed by atoms with van der Waals surface area (Å²) >= 11 is 0. The first-order chi connectivity index (χ1) is 12.2. The lowest BCUT2D eigenvalue weighted by atomic mass is 10.0. The Morgan fingerprint density at radius 1 is 1.08 bits per heavy atom. The second kappa shape index (κ2) is 6.71. The van der Waals surface area contributed by atoms with Crippen molar-refractivity contribution in [3.63, 3.8) is 0 Å². The number of nitrogens with zero attached hydrogens (tertiary/aromatic N) is 1. The Morgan fingerprint density at radius 2 is 1.88 bits per heavy atom. The molecule has 1 unspecified atom stereocenters. The molecule has 1 saturated carbocycles. The van der Waals surface area contributed by atoms with Crippen LogP contribution in [0.4, 0.5) is 5.69 Å². The van der Waals surface area contributed by atoms with E-state index in [-0.39, 0.29) is 17.9 Å². The number of rotatable bonds is 5. The summed E-state index contributed by atoms with van der Waals surface area (Å²) in [6, 6.07) is 17.6. The Labute approximate surface area is 147 Å². The average Bonchev–Trinajstić information content (AvgIpc) is 3.40. The van der Waals surface area contributed by atoms with Gasteiger partial charge >= 0.3 is 0 Å². The summed E-state index contributed by atoms with van der Waals surface area (Å²) in [6.45, 7) is 0.735. The van der Waals surface area contributed by atoms with Gasteiger partial charge in [-0.2, -0.15) is 0 Å². The van der Waals surface area contributed by atoms with Gasteiger partial charge in [-0.05, 0) is 48.9 Å². The smallest absolute Gasteiger partial charge is 0.251 e. The number of nitrogens with one attached hydrogen (secondary N) is 1. The molecule has 0 radical (unpaired) electrons. The third-order valence-corrected chi connectivity index (χ3v) is 5.03. The van der Waals surface area contributed by atoms with Crippen LogP contribution in [-0.4, -0.2) is 18.4 Å². The summed E-state index contributed by atoms with van der Waals surface area (Å²) in [6.07, 6.45) is 3.78. The van der Waals surface area contributed by atoms with E-state index >= 15 is 0 Å². The van der Waals surface area contributed by atoms with Crippen molar-refractivity contribution >= 4 is 17.5 Å². The highest BCUT2D eigenvalue weighted by Gasteiger charge is 2.33. The summed E-state index contributed by atoms with van der Waals surface area (Å²) in [5.41, 5.74) is 2.58. The van der Waals surface area contributed by atoms with E-state index in [0.29, 0.717) is 17.9 Å². The molecule has 1 saturated heterocycles. The molecule has 25 heavy (non-hydrogen) atoms. The monoisotopic (exact) mass is 334 g/mol. The van der Waals surface area contributed by atoms with Crippen LogP contribution in [0.1, 0.15) is 47.6 Å². The Morgan fingerprint density at radius 3 is 2.56 bits per heavy atom. The fraction of sp³-hybridized carbons (Fsp3) is 0.333. The minimum Gasteiger partial charge on any atom is -0.345 e. The molecule has 1 heterocycles. The van der Waals surface area contributed by atoms with Gasteiger partial charge in [0.1, 0.15) is 0 Å². The van der Waals surface area contributed by atoms with Crippen LogP contribution in [0.25, 0.3) is 0 Å². The van der Waals surface area contributed by atoms with Crippen LogP contribution in [0.5, 0.6) is 0 Å². The number of anilines is 1. The van der Waals surface area contributed by atoms with E-state index in [1.54, 1.807) is 4.90 Å². The third-order valence-electron chi connectivity index (χ3n) is 5.03. The number of hydrogen-bond acceptors (Lipinski definition) is 2. The van der Waals surface area contributed by atoms with Gasteiger partial charge in [0, 0.05) is 24.2 Å². The zero-order valence-corrected chi connectivity index (χ0v) is 14.2. The molecule has 1 atom stereocenters. The van der Waals surface area contributed by atoms with Gasteiger partial charge in [-0.1, -0.05) is 36.4 Å². The van der Waals surface area contributed by atoms with Crippen LogP contribution in [0.2, 0.25) is 0 Å². The molecule has 4 nitrogen and oxygen atoms in total. The van der Waals surface area contributed by atoms with E-state index in [4.69, 9.17) is 0 Å². The third kappa shape index (κ3) is 3.43. The molecule has 2 aliphatic rings. The fourth-order valence-corrected chi connectivity index (χ4v) is 3.52. The predicted molar refractivity (Wildman–Crippen MR) is 97.4 cm³/mol. The summed E-state index contributed by atoms with van der Waals surface area (Å²) in [5.74, 6) is 0.585. The maximum atomic E-state index is 12.8. The second-order valence-electron chi connectivity index (χ2n) is 6.90. The molecular weight excluding hydrogens is 312 g/mol. The molecule has 1 aliphatic carbocycles. The standard InChI is InChI=1S/C21H22N2O2/c24-19-10-5-13-23(19)18-9-4-8-17(14-18)21(25)22-20(16-11-12-16)15-6-2-1-3-7-15/h1-4,6-9,14,16,20H,5,10-13H2,(H,22,25). The molecule has 0 aromatic heterocycles. The quantitative estimate of drug-likeness (QED) is 0.906. The lowest BCUT2D eigenvalue weighted by molar-refractivity contribution is -0.117. The van der Waals surface area contributed by atoms with Crippen molar-refractivity contribution in [1.82, 2.24) is 5.32 Å². The second-order valence-corrected chi connectivity index (χ2v) is 6.90. The van der Waals surface area contributed by atoms with Crippen molar-refractivity contribution in [3.8, 4) is 0 Å². The zero-order valence-electron chi connectivity index (χ0n) is 14.2. The van der Waals surface area contributed by atoms with Crippen molar-refractivity contribution in [2.24, 2.45) is 5.92 Å². The van der Waals surface area contributed by atoms with Crippen molar-refractivity contribution in [3.05, 3.63) is 65.7 Å². The maximum Gasteiger partial charge on any atom is 0.251 e. The topological polar surface area (TPSA) is 49.4 Å². The first-order valence-corrected chi connectivity index (χ1v) is 8.98. The number of amides is 2. The molecule has 0 spiro atoms. The maximum absolute atomic E-state index is 12.8. The fourth-order valence-electron chi connectivity index (χ4n) is 3.52. The molecule has 1 N–H and O–H groups in total. The number of carbonyl (C=O) groups excluding carboxylic acids is 2. The predicted octanol–water partition coefficient (Wildman–Crippen LogP) is 3.69. The SMILES string of the molecule is O=C(NC(c1ccccc1)C1CC1)c1cccc(N2CCCC2=O)c1. The first-order valence-electron chi connectivity index (χ1n) is 8.98. The Hall–Kier alpha value is -2.62. The first kappa shape index (κ1) is 15.9. The van der Waals surface area contributed by atoms with Crippen LogP contribution in [-0.2, 0) is 4.79 Å². The van der Waals surface area contributed by atoms with Crippen LogP contribution >= 0.6 is 0 Å². The van der Waals surface area contributed by atoms with Crippen molar-refractivity contribution in [2.75, 3.05) is 11.4 Å². The molecule has 4 rings (SSSR count). The molecule has 2 aromatic rings. The van der Waals surface area contributed by atoms with Gasteiger partial charge in [-0.3, -0.25) is 9.59 Å². The van der Waals surface area contributed by atoms with Gasteiger partial charge in [0.15, 0.2) is 0 Å². The van der Waals surface area contributed by atoms with Gasteiger partial charge < -0.3 is 10.2 Å². The van der Waals surface area contributed by atoms with E-state index in [9.17, 15) is 9.59 Å². The van der Waals surface area contributed by atoms with Crippen LogP contribution in [0.3, 0.4) is 0 Å². The average molecular weight is 334 g/mol. The Bertz CT molecular complexity index is 783. The zero-order chi connectivity index (χ0) is 17.2. The number of benzene rings is 2. The lowest BCUT2D eigenvalue weighted by Crippen LogP contribution is -2.30. The van der Waals surface area contributed by atoms with E-state index in [0.717, 1.165) is 37.1 Å². The number of carbonyl (C=O) groups is 2. The van der Waals surface area contributed by atoms with Gasteiger partial charge in [-0.25, -0.2) is 0 Å². The van der Waals surface area contributed by atoms with E-state index < -0.39 is 0 Å². The minimum atomic E-state index is -0.0748. The van der Waals surface area contributed by atoms with Crippen molar-refractivity contribution in [2.45, 2.75) is 31.7 Å². The largest absolute Gasteiger partial charge is 0.345 e. The normalized spacial score (nSPS) is 18.2. The van der Waals surface area contributed by atoms with Crippen LogP contribution in [0.15, 0.2) is 54.6 Å². The van der Waals surface area contributed by atoms with E-state index in [2.05, 4.69) is 17.4 Å². The Balaban J connectivity index is 1.53. The number of hydrogen-bond donors (Lipinski definition) is 1. The van der Waals surface area contributed by atoms with Gasteiger partial charge in [-0.15, -0.1) is 0 Å². The molecule has 1 aliphatic heterocycles. The summed E-state index contributed by atoms with van der Waals surface area (Å²) in [7, 11) is 0. The van der Waals surface area contributed by atoms with Crippen LogP contribution in [0, 0.1) is 5.92 Å². The van der Waals surface area contributed by atoms with E-state index in [1.807, 2.05) is 42.5 Å². The summed E-state index contributed by atoms with van der Waals surface area (Å²) in [5, 5.41) is 3.20. The highest BCUT2D eigenvalue weighted by Crippen LogP contribution is 2.41. The molecule has 4 heteroatoms. The molecular formula is C21H22N2O2. The highest BCUT2D eigenvalue weighted by atomic mass is 16.2. The van der Waals surface area contributed by atoms with Crippen molar-refractivity contribution < 1.29 is 9.59 Å². The molecule has 2 fully saturated rings. The molecule has 0 bridgehead atoms. The van der Waals surface area contributed by atoms with Gasteiger partial charge in [0.05, 0.1) is 6.04 Å².